The van der Waals surface area contributed by atoms with Gasteiger partial charge in [0.2, 0.25) is 5.91 Å². The maximum atomic E-state index is 12.0. The van der Waals surface area contributed by atoms with Crippen molar-refractivity contribution in [2.45, 2.75) is 45.2 Å². The van der Waals surface area contributed by atoms with Crippen LogP contribution in [0.3, 0.4) is 0 Å². The van der Waals surface area contributed by atoms with Gasteiger partial charge in [-0.1, -0.05) is 31.2 Å². The van der Waals surface area contributed by atoms with Crippen LogP contribution in [0.15, 0.2) is 24.3 Å². The monoisotopic (exact) mass is 260 g/mol. The summed E-state index contributed by atoms with van der Waals surface area (Å²) in [7, 11) is 1.88. The highest BCUT2D eigenvalue weighted by Crippen LogP contribution is 2.18. The standard InChI is InChI=1S/C16H24N2O/c1-3-13-4-6-14(7-5-13)12-18(2)16(19)10-11-17-15-8-9-15/h4-7,15,17H,3,8-12H2,1-2H3. The minimum atomic E-state index is 0.215. The molecule has 3 heteroatoms. The molecule has 0 saturated heterocycles. The Balaban J connectivity index is 1.74. The average molecular weight is 260 g/mol. The Bertz CT molecular complexity index is 409. The van der Waals surface area contributed by atoms with Gasteiger partial charge in [-0.25, -0.2) is 0 Å². The number of carbonyl (C=O) groups excluding carboxylic acids is 1. The number of hydrogen-bond acceptors (Lipinski definition) is 2. The number of carbonyl (C=O) groups is 1. The average Bonchev–Trinajstić information content (AvgIpc) is 3.23. The SMILES string of the molecule is CCc1ccc(CN(C)C(=O)CCNC2CC2)cc1. The van der Waals surface area contributed by atoms with Gasteiger partial charge in [0.1, 0.15) is 0 Å². The summed E-state index contributed by atoms with van der Waals surface area (Å²) in [5.74, 6) is 0.215. The van der Waals surface area contributed by atoms with Crippen LogP contribution in [0, 0.1) is 0 Å². The lowest BCUT2D eigenvalue weighted by atomic mass is 10.1. The second kappa shape index (κ2) is 6.71. The Morgan fingerprint density at radius 3 is 2.47 bits per heavy atom. The van der Waals surface area contributed by atoms with Crippen molar-refractivity contribution >= 4 is 5.91 Å². The van der Waals surface area contributed by atoms with Crippen LogP contribution in [-0.4, -0.2) is 30.4 Å². The van der Waals surface area contributed by atoms with E-state index < -0.39 is 0 Å². The highest BCUT2D eigenvalue weighted by atomic mass is 16.2. The summed E-state index contributed by atoms with van der Waals surface area (Å²) in [6.07, 6.45) is 4.20. The van der Waals surface area contributed by atoms with Crippen LogP contribution in [0.1, 0.15) is 37.3 Å². The normalized spacial score (nSPS) is 14.4. The van der Waals surface area contributed by atoms with Gasteiger partial charge in [0.15, 0.2) is 0 Å². The Kier molecular flexibility index (Phi) is 4.97. The molecule has 0 aromatic heterocycles. The molecule has 0 aliphatic heterocycles. The maximum absolute atomic E-state index is 12.0. The third-order valence-electron chi connectivity index (χ3n) is 3.63. The number of amides is 1. The van der Waals surface area contributed by atoms with Gasteiger partial charge in [-0.15, -0.1) is 0 Å². The quantitative estimate of drug-likeness (QED) is 0.816. The van der Waals surface area contributed by atoms with Crippen LogP contribution in [0.25, 0.3) is 0 Å². The Morgan fingerprint density at radius 1 is 1.26 bits per heavy atom. The van der Waals surface area contributed by atoms with Crippen molar-refractivity contribution in [3.8, 4) is 0 Å². The first-order valence-corrected chi connectivity index (χ1v) is 7.24. The molecule has 1 amide bonds. The first kappa shape index (κ1) is 14.1. The van der Waals surface area contributed by atoms with Crippen molar-refractivity contribution in [3.63, 3.8) is 0 Å². The van der Waals surface area contributed by atoms with Crippen molar-refractivity contribution in [1.29, 1.82) is 0 Å². The molecule has 0 heterocycles. The van der Waals surface area contributed by atoms with Crippen LogP contribution < -0.4 is 5.32 Å². The molecular formula is C16H24N2O. The lowest BCUT2D eigenvalue weighted by molar-refractivity contribution is -0.130. The first-order chi connectivity index (χ1) is 9.19. The van der Waals surface area contributed by atoms with Gasteiger partial charge in [-0.3, -0.25) is 4.79 Å². The number of hydrogen-bond donors (Lipinski definition) is 1. The highest BCUT2D eigenvalue weighted by molar-refractivity contribution is 5.76. The van der Waals surface area contributed by atoms with Gasteiger partial charge in [-0.2, -0.15) is 0 Å². The van der Waals surface area contributed by atoms with Gasteiger partial charge in [0.05, 0.1) is 0 Å². The molecule has 19 heavy (non-hydrogen) atoms. The van der Waals surface area contributed by atoms with Gasteiger partial charge < -0.3 is 10.2 Å². The van der Waals surface area contributed by atoms with Gasteiger partial charge in [-0.05, 0) is 30.4 Å². The summed E-state index contributed by atoms with van der Waals surface area (Å²) >= 11 is 0. The van der Waals surface area contributed by atoms with Crippen molar-refractivity contribution in [2.75, 3.05) is 13.6 Å². The first-order valence-electron chi connectivity index (χ1n) is 7.24. The van der Waals surface area contributed by atoms with Gasteiger partial charge in [0.25, 0.3) is 0 Å². The van der Waals surface area contributed by atoms with E-state index >= 15 is 0 Å². The molecule has 1 saturated carbocycles. The molecule has 1 aliphatic carbocycles. The van der Waals surface area contributed by atoms with E-state index in [-0.39, 0.29) is 5.91 Å². The van der Waals surface area contributed by atoms with E-state index in [0.717, 1.165) is 13.0 Å². The zero-order chi connectivity index (χ0) is 13.7. The summed E-state index contributed by atoms with van der Waals surface area (Å²) in [6.45, 7) is 3.66. The van der Waals surface area contributed by atoms with E-state index in [1.54, 1.807) is 0 Å². The molecular weight excluding hydrogens is 236 g/mol. The summed E-state index contributed by atoms with van der Waals surface area (Å²) in [6, 6.07) is 9.19. The van der Waals surface area contributed by atoms with E-state index in [4.69, 9.17) is 0 Å². The predicted molar refractivity (Wildman–Crippen MR) is 77.9 cm³/mol. The van der Waals surface area contributed by atoms with Crippen molar-refractivity contribution in [3.05, 3.63) is 35.4 Å². The van der Waals surface area contributed by atoms with Crippen LogP contribution in [0.5, 0.6) is 0 Å². The van der Waals surface area contributed by atoms with E-state index in [0.29, 0.717) is 19.0 Å². The lowest BCUT2D eigenvalue weighted by Gasteiger charge is -2.17. The molecule has 2 rings (SSSR count). The Morgan fingerprint density at radius 2 is 1.89 bits per heavy atom. The summed E-state index contributed by atoms with van der Waals surface area (Å²) < 4.78 is 0. The molecule has 0 unspecified atom stereocenters. The predicted octanol–water partition coefficient (Wildman–Crippen LogP) is 2.35. The fraction of sp³-hybridized carbons (Fsp3) is 0.562. The zero-order valence-electron chi connectivity index (χ0n) is 12.0. The number of nitrogens with one attached hydrogen (secondary N) is 1. The molecule has 0 bridgehead atoms. The number of aryl methyl sites for hydroxylation is 1. The van der Waals surface area contributed by atoms with Gasteiger partial charge in [0, 0.05) is 32.6 Å². The van der Waals surface area contributed by atoms with Crippen LogP contribution in [0.4, 0.5) is 0 Å². The van der Waals surface area contributed by atoms with Crippen molar-refractivity contribution < 1.29 is 4.79 Å². The molecule has 0 spiro atoms. The third kappa shape index (κ3) is 4.67. The maximum Gasteiger partial charge on any atom is 0.223 e. The minimum Gasteiger partial charge on any atom is -0.341 e. The molecule has 1 aliphatic rings. The lowest BCUT2D eigenvalue weighted by Crippen LogP contribution is -2.30. The molecule has 3 nitrogen and oxygen atoms in total. The molecule has 1 N–H and O–H groups in total. The topological polar surface area (TPSA) is 32.3 Å². The summed E-state index contributed by atoms with van der Waals surface area (Å²) in [5, 5.41) is 3.37. The fourth-order valence-corrected chi connectivity index (χ4v) is 2.10. The van der Waals surface area contributed by atoms with Crippen LogP contribution in [-0.2, 0) is 17.8 Å². The van der Waals surface area contributed by atoms with Gasteiger partial charge >= 0.3 is 0 Å². The molecule has 0 radical (unpaired) electrons. The second-order valence-electron chi connectivity index (χ2n) is 5.40. The van der Waals surface area contributed by atoms with E-state index in [9.17, 15) is 4.79 Å². The smallest absolute Gasteiger partial charge is 0.223 e. The largest absolute Gasteiger partial charge is 0.341 e. The Labute approximate surface area is 116 Å². The number of benzene rings is 1. The molecule has 104 valence electrons. The van der Waals surface area contributed by atoms with Crippen molar-refractivity contribution in [1.82, 2.24) is 10.2 Å². The number of rotatable bonds is 7. The Hall–Kier alpha value is -1.35. The fourth-order valence-electron chi connectivity index (χ4n) is 2.10. The summed E-state index contributed by atoms with van der Waals surface area (Å²) in [4.78, 5) is 13.8. The summed E-state index contributed by atoms with van der Waals surface area (Å²) in [5.41, 5.74) is 2.54. The highest BCUT2D eigenvalue weighted by Gasteiger charge is 2.20. The third-order valence-corrected chi connectivity index (χ3v) is 3.63. The number of nitrogens with zero attached hydrogens (tertiary/aromatic N) is 1. The van der Waals surface area contributed by atoms with E-state index in [1.165, 1.54) is 24.0 Å². The second-order valence-corrected chi connectivity index (χ2v) is 5.40. The molecule has 0 atom stereocenters. The van der Waals surface area contributed by atoms with E-state index in [2.05, 4.69) is 36.5 Å². The molecule has 1 fully saturated rings. The van der Waals surface area contributed by atoms with Crippen LogP contribution in [0.2, 0.25) is 0 Å². The molecule has 1 aromatic rings. The van der Waals surface area contributed by atoms with Crippen molar-refractivity contribution in [2.24, 2.45) is 0 Å². The molecule has 1 aromatic carbocycles. The van der Waals surface area contributed by atoms with E-state index in [1.807, 2.05) is 11.9 Å². The zero-order valence-corrected chi connectivity index (χ0v) is 12.0. The minimum absolute atomic E-state index is 0.215. The van der Waals surface area contributed by atoms with Crippen LogP contribution >= 0.6 is 0 Å².